The SMILES string of the molecule is Cc1nc2c(c(N3CCN(C)C(CO)C3)n1)CCNC2=O. The molecule has 2 N–H and O–H groups in total. The molecule has 1 atom stereocenters. The molecular formula is C14H21N5O2. The zero-order valence-corrected chi connectivity index (χ0v) is 12.5. The van der Waals surface area contributed by atoms with Gasteiger partial charge in [0.25, 0.3) is 5.91 Å². The van der Waals surface area contributed by atoms with Crippen molar-refractivity contribution in [2.75, 3.05) is 44.7 Å². The van der Waals surface area contributed by atoms with Gasteiger partial charge in [0.2, 0.25) is 0 Å². The molecule has 1 aromatic heterocycles. The maximum atomic E-state index is 12.0. The predicted molar refractivity (Wildman–Crippen MR) is 78.5 cm³/mol. The molecule has 7 nitrogen and oxygen atoms in total. The molecule has 1 unspecified atom stereocenters. The van der Waals surface area contributed by atoms with Crippen LogP contribution in [0.5, 0.6) is 0 Å². The van der Waals surface area contributed by atoms with Gasteiger partial charge in [0.05, 0.1) is 12.6 Å². The van der Waals surface area contributed by atoms with E-state index in [2.05, 4.69) is 25.1 Å². The molecule has 2 aliphatic heterocycles. The van der Waals surface area contributed by atoms with E-state index in [0.717, 1.165) is 37.4 Å². The van der Waals surface area contributed by atoms with E-state index in [0.29, 0.717) is 18.1 Å². The third kappa shape index (κ3) is 2.58. The van der Waals surface area contributed by atoms with Crippen LogP contribution in [0.15, 0.2) is 0 Å². The van der Waals surface area contributed by atoms with Gasteiger partial charge in [-0.1, -0.05) is 0 Å². The molecule has 0 spiro atoms. The van der Waals surface area contributed by atoms with Gasteiger partial charge in [-0.15, -0.1) is 0 Å². The maximum Gasteiger partial charge on any atom is 0.270 e. The van der Waals surface area contributed by atoms with E-state index in [1.807, 2.05) is 14.0 Å². The van der Waals surface area contributed by atoms with E-state index in [-0.39, 0.29) is 18.6 Å². The molecule has 114 valence electrons. The predicted octanol–water partition coefficient (Wildman–Crippen LogP) is -0.816. The van der Waals surface area contributed by atoms with Crippen LogP contribution in [0.1, 0.15) is 21.9 Å². The minimum atomic E-state index is -0.115. The van der Waals surface area contributed by atoms with Gasteiger partial charge in [0.15, 0.2) is 0 Å². The van der Waals surface area contributed by atoms with E-state index in [1.165, 1.54) is 0 Å². The summed E-state index contributed by atoms with van der Waals surface area (Å²) in [6.45, 7) is 5.00. The summed E-state index contributed by atoms with van der Waals surface area (Å²) in [7, 11) is 2.02. The molecule has 21 heavy (non-hydrogen) atoms. The number of aliphatic hydroxyl groups excluding tert-OH is 1. The molecule has 0 saturated carbocycles. The number of anilines is 1. The number of piperazine rings is 1. The maximum absolute atomic E-state index is 12.0. The first-order valence-electron chi connectivity index (χ1n) is 7.32. The van der Waals surface area contributed by atoms with Gasteiger partial charge in [0, 0.05) is 31.7 Å². The summed E-state index contributed by atoms with van der Waals surface area (Å²) in [5.41, 5.74) is 1.44. The minimum Gasteiger partial charge on any atom is -0.395 e. The lowest BCUT2D eigenvalue weighted by Crippen LogP contribution is -2.53. The highest BCUT2D eigenvalue weighted by Gasteiger charge is 2.29. The number of hydrogen-bond donors (Lipinski definition) is 2. The summed E-state index contributed by atoms with van der Waals surface area (Å²) in [5, 5.41) is 12.3. The highest BCUT2D eigenvalue weighted by atomic mass is 16.3. The van der Waals surface area contributed by atoms with E-state index in [1.54, 1.807) is 0 Å². The first kappa shape index (κ1) is 14.2. The van der Waals surface area contributed by atoms with Gasteiger partial charge in [-0.25, -0.2) is 9.97 Å². The number of aliphatic hydroxyl groups is 1. The van der Waals surface area contributed by atoms with E-state index in [4.69, 9.17) is 0 Å². The number of hydrogen-bond acceptors (Lipinski definition) is 6. The van der Waals surface area contributed by atoms with Crippen LogP contribution < -0.4 is 10.2 Å². The lowest BCUT2D eigenvalue weighted by atomic mass is 10.0. The van der Waals surface area contributed by atoms with Crippen molar-refractivity contribution >= 4 is 11.7 Å². The van der Waals surface area contributed by atoms with Gasteiger partial charge >= 0.3 is 0 Å². The molecular weight excluding hydrogens is 270 g/mol. The van der Waals surface area contributed by atoms with Crippen molar-refractivity contribution in [3.8, 4) is 0 Å². The smallest absolute Gasteiger partial charge is 0.270 e. The number of nitrogens with one attached hydrogen (secondary N) is 1. The van der Waals surface area contributed by atoms with Crippen LogP contribution in [0.2, 0.25) is 0 Å². The summed E-state index contributed by atoms with van der Waals surface area (Å²) in [6.07, 6.45) is 0.757. The van der Waals surface area contributed by atoms with Crippen molar-refractivity contribution in [3.05, 3.63) is 17.1 Å². The van der Waals surface area contributed by atoms with Crippen LogP contribution in [-0.4, -0.2) is 71.8 Å². The van der Waals surface area contributed by atoms with Crippen LogP contribution in [0.3, 0.4) is 0 Å². The van der Waals surface area contributed by atoms with Crippen molar-refractivity contribution in [1.29, 1.82) is 0 Å². The molecule has 0 aliphatic carbocycles. The second-order valence-corrected chi connectivity index (χ2v) is 5.69. The van der Waals surface area contributed by atoms with E-state index >= 15 is 0 Å². The molecule has 7 heteroatoms. The topological polar surface area (TPSA) is 81.6 Å². The lowest BCUT2D eigenvalue weighted by Gasteiger charge is -2.40. The Hall–Kier alpha value is -1.73. The fraction of sp³-hybridized carbons (Fsp3) is 0.643. The number of aromatic nitrogens is 2. The zero-order chi connectivity index (χ0) is 15.0. The highest BCUT2D eigenvalue weighted by molar-refractivity contribution is 5.96. The zero-order valence-electron chi connectivity index (χ0n) is 12.5. The summed E-state index contributed by atoms with van der Waals surface area (Å²) in [6, 6.07) is 0.0992. The number of nitrogens with zero attached hydrogens (tertiary/aromatic N) is 4. The van der Waals surface area contributed by atoms with Crippen molar-refractivity contribution in [2.24, 2.45) is 0 Å². The number of amides is 1. The molecule has 0 bridgehead atoms. The monoisotopic (exact) mass is 291 g/mol. The minimum absolute atomic E-state index is 0.0992. The summed E-state index contributed by atoms with van der Waals surface area (Å²) >= 11 is 0. The third-order valence-electron chi connectivity index (χ3n) is 4.26. The summed E-state index contributed by atoms with van der Waals surface area (Å²) in [5.74, 6) is 1.36. The van der Waals surface area contributed by atoms with Crippen LogP contribution >= 0.6 is 0 Å². The Labute approximate surface area is 124 Å². The standard InChI is InChI=1S/C14H21N5O2/c1-9-16-12-11(3-4-15-14(12)21)13(17-9)19-6-5-18(2)10(7-19)8-20/h10,20H,3-8H2,1-2H3,(H,15,21). The molecule has 0 radical (unpaired) electrons. The average molecular weight is 291 g/mol. The molecule has 3 heterocycles. The molecule has 1 aromatic rings. The number of fused-ring (bicyclic) bond motifs is 1. The van der Waals surface area contributed by atoms with E-state index < -0.39 is 0 Å². The number of carbonyl (C=O) groups excluding carboxylic acids is 1. The van der Waals surface area contributed by atoms with Gasteiger partial charge in [0.1, 0.15) is 17.3 Å². The molecule has 0 aromatic carbocycles. The molecule has 1 amide bonds. The lowest BCUT2D eigenvalue weighted by molar-refractivity contribution is 0.0939. The van der Waals surface area contributed by atoms with Crippen LogP contribution in [0.25, 0.3) is 0 Å². The summed E-state index contributed by atoms with van der Waals surface area (Å²) in [4.78, 5) is 25.2. The molecule has 2 aliphatic rings. The van der Waals surface area contributed by atoms with Crippen molar-refractivity contribution < 1.29 is 9.90 Å². The fourth-order valence-electron chi connectivity index (χ4n) is 2.98. The van der Waals surface area contributed by atoms with Gasteiger partial charge in [-0.2, -0.15) is 0 Å². The Bertz CT molecular complexity index is 563. The van der Waals surface area contributed by atoms with Crippen LogP contribution in [0, 0.1) is 6.92 Å². The second kappa shape index (κ2) is 5.57. The van der Waals surface area contributed by atoms with Gasteiger partial charge < -0.3 is 15.3 Å². The number of carbonyl (C=O) groups is 1. The van der Waals surface area contributed by atoms with Gasteiger partial charge in [-0.05, 0) is 20.4 Å². The second-order valence-electron chi connectivity index (χ2n) is 5.69. The average Bonchev–Trinajstić information content (AvgIpc) is 2.48. The van der Waals surface area contributed by atoms with Crippen molar-refractivity contribution in [3.63, 3.8) is 0 Å². The Morgan fingerprint density at radius 3 is 2.95 bits per heavy atom. The molecule has 1 saturated heterocycles. The highest BCUT2D eigenvalue weighted by Crippen LogP contribution is 2.25. The Morgan fingerprint density at radius 2 is 2.19 bits per heavy atom. The van der Waals surface area contributed by atoms with E-state index in [9.17, 15) is 9.90 Å². The normalized spacial score (nSPS) is 22.9. The number of aryl methyl sites for hydroxylation is 1. The quantitative estimate of drug-likeness (QED) is 0.741. The molecule has 3 rings (SSSR count). The van der Waals surface area contributed by atoms with Gasteiger partial charge in [-0.3, -0.25) is 9.69 Å². The fourth-order valence-corrected chi connectivity index (χ4v) is 2.98. The molecule has 1 fully saturated rings. The van der Waals surface area contributed by atoms with Crippen LogP contribution in [0.4, 0.5) is 5.82 Å². The summed E-state index contributed by atoms with van der Waals surface area (Å²) < 4.78 is 0. The Kier molecular flexibility index (Phi) is 3.77. The Morgan fingerprint density at radius 1 is 1.38 bits per heavy atom. The van der Waals surface area contributed by atoms with Crippen molar-refractivity contribution in [1.82, 2.24) is 20.2 Å². The van der Waals surface area contributed by atoms with Crippen molar-refractivity contribution in [2.45, 2.75) is 19.4 Å². The Balaban J connectivity index is 1.97. The first-order chi connectivity index (χ1) is 10.1. The largest absolute Gasteiger partial charge is 0.395 e. The third-order valence-corrected chi connectivity index (χ3v) is 4.26. The first-order valence-corrected chi connectivity index (χ1v) is 7.32. The number of likely N-dealkylation sites (N-methyl/N-ethyl adjacent to an activating group) is 1. The number of rotatable bonds is 2. The van der Waals surface area contributed by atoms with Crippen LogP contribution in [-0.2, 0) is 6.42 Å².